The van der Waals surface area contributed by atoms with Gasteiger partial charge in [0.1, 0.15) is 0 Å². The third-order valence-electron chi connectivity index (χ3n) is 7.45. The number of hydrogen-bond donors (Lipinski definition) is 1. The summed E-state index contributed by atoms with van der Waals surface area (Å²) in [6.45, 7) is 8.06. The number of aryl methyl sites for hydroxylation is 2. The van der Waals surface area contributed by atoms with Crippen molar-refractivity contribution in [2.24, 2.45) is 0 Å². The van der Waals surface area contributed by atoms with E-state index in [2.05, 4.69) is 10.2 Å². The van der Waals surface area contributed by atoms with Crippen molar-refractivity contribution < 1.29 is 16.8 Å². The van der Waals surface area contributed by atoms with Gasteiger partial charge in [-0.05, 0) is 63.1 Å². The van der Waals surface area contributed by atoms with Crippen molar-refractivity contribution in [2.75, 3.05) is 52.4 Å². The second-order valence-corrected chi connectivity index (χ2v) is 14.5. The molecule has 0 atom stereocenters. The van der Waals surface area contributed by atoms with Crippen LogP contribution >= 0.6 is 0 Å². The average molecular weight is 599 g/mol. The van der Waals surface area contributed by atoms with Crippen LogP contribution in [0.3, 0.4) is 0 Å². The highest BCUT2D eigenvalue weighted by molar-refractivity contribution is 7.89. The molecule has 1 fully saturated rings. The molecule has 1 heterocycles. The van der Waals surface area contributed by atoms with Crippen LogP contribution < -0.4 is 5.32 Å². The number of nitrogens with one attached hydrogen (secondary N) is 1. The fourth-order valence-corrected chi connectivity index (χ4v) is 7.81. The number of sulfonamides is 2. The van der Waals surface area contributed by atoms with Gasteiger partial charge in [-0.25, -0.2) is 16.8 Å². The molecule has 8 nitrogen and oxygen atoms in total. The zero-order valence-corrected chi connectivity index (χ0v) is 25.7. The summed E-state index contributed by atoms with van der Waals surface area (Å²) in [6, 6.07) is 24.0. The van der Waals surface area contributed by atoms with Gasteiger partial charge < -0.3 is 5.32 Å². The van der Waals surface area contributed by atoms with Crippen LogP contribution in [-0.2, 0) is 26.6 Å². The van der Waals surface area contributed by atoms with Crippen LogP contribution in [0.1, 0.15) is 29.5 Å². The standard InChI is InChI=1S/C31H42N4O4S2/c1-27-10-14-30(15-11-27)40(36,37)34-20-7-6-18-32-19-21-35(41(38,39)31-16-12-28(2)13-17-31)25-23-33(22-24-34)26-29-8-4-3-5-9-29/h3-5,8-17,32H,6-7,18-26H2,1-2H3. The summed E-state index contributed by atoms with van der Waals surface area (Å²) in [7, 11) is -7.37. The molecule has 0 amide bonds. The molecule has 0 saturated carbocycles. The Morgan fingerprint density at radius 1 is 0.585 bits per heavy atom. The maximum Gasteiger partial charge on any atom is 0.243 e. The second-order valence-electron chi connectivity index (χ2n) is 10.7. The van der Waals surface area contributed by atoms with E-state index < -0.39 is 20.0 Å². The maximum absolute atomic E-state index is 13.7. The van der Waals surface area contributed by atoms with E-state index in [1.807, 2.05) is 68.4 Å². The fraction of sp³-hybridized carbons (Fsp3) is 0.419. The molecule has 1 saturated heterocycles. The molecular weight excluding hydrogens is 556 g/mol. The number of rotatable bonds is 6. The van der Waals surface area contributed by atoms with Crippen LogP contribution in [0.25, 0.3) is 0 Å². The highest BCUT2D eigenvalue weighted by Gasteiger charge is 2.27. The number of hydrogen-bond acceptors (Lipinski definition) is 6. The van der Waals surface area contributed by atoms with Crippen LogP contribution in [0.2, 0.25) is 0 Å². The lowest BCUT2D eigenvalue weighted by Gasteiger charge is -2.30. The third kappa shape index (κ3) is 8.70. The van der Waals surface area contributed by atoms with Gasteiger partial charge in [0.15, 0.2) is 0 Å². The van der Waals surface area contributed by atoms with E-state index in [0.29, 0.717) is 70.2 Å². The first-order valence-electron chi connectivity index (χ1n) is 14.3. The Morgan fingerprint density at radius 2 is 1.10 bits per heavy atom. The molecule has 10 heteroatoms. The van der Waals surface area contributed by atoms with E-state index in [0.717, 1.165) is 23.1 Å². The second kappa shape index (κ2) is 14.5. The Bertz CT molecular complexity index is 1350. The minimum atomic E-state index is -3.69. The van der Waals surface area contributed by atoms with Crippen molar-refractivity contribution in [1.82, 2.24) is 18.8 Å². The minimum Gasteiger partial charge on any atom is -0.315 e. The molecular formula is C31H42N4O4S2. The molecule has 222 valence electrons. The molecule has 0 aromatic heterocycles. The van der Waals surface area contributed by atoms with E-state index in [4.69, 9.17) is 0 Å². The predicted molar refractivity (Wildman–Crippen MR) is 164 cm³/mol. The van der Waals surface area contributed by atoms with Gasteiger partial charge in [0.25, 0.3) is 0 Å². The average Bonchev–Trinajstić information content (AvgIpc) is 2.95. The zero-order valence-electron chi connectivity index (χ0n) is 24.1. The zero-order chi connectivity index (χ0) is 29.3. The van der Waals surface area contributed by atoms with Crippen LogP contribution in [0.15, 0.2) is 88.7 Å². The summed E-state index contributed by atoms with van der Waals surface area (Å²) in [5, 5.41) is 3.36. The summed E-state index contributed by atoms with van der Waals surface area (Å²) < 4.78 is 57.8. The van der Waals surface area contributed by atoms with Crippen molar-refractivity contribution in [3.05, 3.63) is 95.6 Å². The SMILES string of the molecule is Cc1ccc(S(=O)(=O)N2CCCCNCCN(S(=O)(=O)c3ccc(C)cc3)CCN(Cc3ccccc3)CC2)cc1. The van der Waals surface area contributed by atoms with E-state index in [1.54, 1.807) is 32.9 Å². The monoisotopic (exact) mass is 598 g/mol. The summed E-state index contributed by atoms with van der Waals surface area (Å²) >= 11 is 0. The van der Waals surface area contributed by atoms with Gasteiger partial charge >= 0.3 is 0 Å². The molecule has 4 rings (SSSR count). The summed E-state index contributed by atoms with van der Waals surface area (Å²) in [6.07, 6.45) is 1.50. The topological polar surface area (TPSA) is 90.0 Å². The Morgan fingerprint density at radius 3 is 1.63 bits per heavy atom. The Balaban J connectivity index is 1.59. The quantitative estimate of drug-likeness (QED) is 0.464. The largest absolute Gasteiger partial charge is 0.315 e. The molecule has 1 N–H and O–H groups in total. The first kappa shape index (κ1) is 31.3. The summed E-state index contributed by atoms with van der Waals surface area (Å²) in [5.74, 6) is 0. The molecule has 0 spiro atoms. The minimum absolute atomic E-state index is 0.286. The van der Waals surface area contributed by atoms with Crippen LogP contribution in [0.5, 0.6) is 0 Å². The highest BCUT2D eigenvalue weighted by Crippen LogP contribution is 2.19. The highest BCUT2D eigenvalue weighted by atomic mass is 32.2. The van der Waals surface area contributed by atoms with Gasteiger partial charge in [-0.2, -0.15) is 8.61 Å². The van der Waals surface area contributed by atoms with Gasteiger partial charge in [0.2, 0.25) is 20.0 Å². The van der Waals surface area contributed by atoms with Crippen molar-refractivity contribution in [3.63, 3.8) is 0 Å². The lowest BCUT2D eigenvalue weighted by atomic mass is 10.2. The lowest BCUT2D eigenvalue weighted by molar-refractivity contribution is 0.222. The molecule has 0 radical (unpaired) electrons. The van der Waals surface area contributed by atoms with Gasteiger partial charge in [0, 0.05) is 52.4 Å². The first-order chi connectivity index (χ1) is 19.7. The van der Waals surface area contributed by atoms with Crippen LogP contribution in [0.4, 0.5) is 0 Å². The van der Waals surface area contributed by atoms with Crippen molar-refractivity contribution in [1.29, 1.82) is 0 Å². The Labute approximate surface area is 246 Å². The van der Waals surface area contributed by atoms with Gasteiger partial charge in [-0.1, -0.05) is 65.7 Å². The van der Waals surface area contributed by atoms with Gasteiger partial charge in [-0.3, -0.25) is 4.90 Å². The van der Waals surface area contributed by atoms with E-state index >= 15 is 0 Å². The predicted octanol–water partition coefficient (Wildman–Crippen LogP) is 3.87. The van der Waals surface area contributed by atoms with Gasteiger partial charge in [-0.15, -0.1) is 0 Å². The van der Waals surface area contributed by atoms with Crippen LogP contribution in [-0.4, -0.2) is 82.7 Å². The summed E-state index contributed by atoms with van der Waals surface area (Å²) in [5.41, 5.74) is 3.11. The number of nitrogens with zero attached hydrogens (tertiary/aromatic N) is 3. The van der Waals surface area contributed by atoms with E-state index in [1.165, 1.54) is 0 Å². The number of benzene rings is 3. The van der Waals surface area contributed by atoms with Gasteiger partial charge in [0.05, 0.1) is 9.79 Å². The first-order valence-corrected chi connectivity index (χ1v) is 17.1. The Kier molecular flexibility index (Phi) is 11.1. The Hall–Kier alpha value is -2.60. The van der Waals surface area contributed by atoms with Crippen molar-refractivity contribution >= 4 is 20.0 Å². The third-order valence-corrected chi connectivity index (χ3v) is 11.3. The molecule has 3 aromatic rings. The van der Waals surface area contributed by atoms with Crippen LogP contribution in [0, 0.1) is 13.8 Å². The summed E-state index contributed by atoms with van der Waals surface area (Å²) in [4.78, 5) is 2.74. The molecule has 0 unspecified atom stereocenters. The maximum atomic E-state index is 13.7. The van der Waals surface area contributed by atoms with E-state index in [9.17, 15) is 16.8 Å². The van der Waals surface area contributed by atoms with E-state index in [-0.39, 0.29) is 4.90 Å². The van der Waals surface area contributed by atoms with Crippen molar-refractivity contribution in [3.8, 4) is 0 Å². The molecule has 0 bridgehead atoms. The molecule has 41 heavy (non-hydrogen) atoms. The molecule has 1 aliphatic heterocycles. The molecule has 1 aliphatic rings. The normalized spacial score (nSPS) is 18.1. The van der Waals surface area contributed by atoms with Crippen molar-refractivity contribution in [2.45, 2.75) is 43.0 Å². The fourth-order valence-electron chi connectivity index (χ4n) is 4.91. The smallest absolute Gasteiger partial charge is 0.243 e. The molecule has 3 aromatic carbocycles. The lowest BCUT2D eigenvalue weighted by Crippen LogP contribution is -2.44. The molecule has 0 aliphatic carbocycles.